The molecule has 0 heterocycles. The van der Waals surface area contributed by atoms with E-state index in [0.717, 1.165) is 6.42 Å². The van der Waals surface area contributed by atoms with Crippen LogP contribution in [-0.2, 0) is 4.79 Å². The van der Waals surface area contributed by atoms with E-state index in [1.807, 2.05) is 6.92 Å². The highest BCUT2D eigenvalue weighted by Gasteiger charge is 2.13. The lowest BCUT2D eigenvalue weighted by molar-refractivity contribution is -0.384. The van der Waals surface area contributed by atoms with Crippen molar-refractivity contribution in [2.45, 2.75) is 25.8 Å². The number of amides is 1. The molecule has 6 nitrogen and oxygen atoms in total. The minimum Gasteiger partial charge on any atom is -0.324 e. The molecule has 1 aromatic carbocycles. The van der Waals surface area contributed by atoms with E-state index >= 15 is 0 Å². The van der Waals surface area contributed by atoms with Gasteiger partial charge in [0.05, 0.1) is 11.0 Å². The predicted molar refractivity (Wildman–Crippen MR) is 64.6 cm³/mol. The summed E-state index contributed by atoms with van der Waals surface area (Å²) in [5, 5.41) is 13.1. The fourth-order valence-electron chi connectivity index (χ4n) is 1.37. The molecular formula is C11H15N3O3. The van der Waals surface area contributed by atoms with Crippen molar-refractivity contribution in [2.75, 3.05) is 5.32 Å². The third-order valence-corrected chi connectivity index (χ3v) is 2.26. The number of anilines is 1. The van der Waals surface area contributed by atoms with Crippen molar-refractivity contribution < 1.29 is 9.72 Å². The Morgan fingerprint density at radius 2 is 2.29 bits per heavy atom. The second-order valence-corrected chi connectivity index (χ2v) is 3.69. The highest BCUT2D eigenvalue weighted by Crippen LogP contribution is 2.17. The van der Waals surface area contributed by atoms with Crippen LogP contribution in [0.5, 0.6) is 0 Å². The van der Waals surface area contributed by atoms with Gasteiger partial charge in [0.15, 0.2) is 0 Å². The van der Waals surface area contributed by atoms with Gasteiger partial charge in [0.1, 0.15) is 0 Å². The van der Waals surface area contributed by atoms with Crippen molar-refractivity contribution in [1.82, 2.24) is 0 Å². The van der Waals surface area contributed by atoms with Crippen LogP contribution in [0.1, 0.15) is 19.8 Å². The van der Waals surface area contributed by atoms with Crippen molar-refractivity contribution in [3.63, 3.8) is 0 Å². The predicted octanol–water partition coefficient (Wildman–Crippen LogP) is 1.66. The molecule has 0 saturated heterocycles. The quantitative estimate of drug-likeness (QED) is 0.601. The molecule has 1 aromatic rings. The van der Waals surface area contributed by atoms with Crippen LogP contribution in [0.4, 0.5) is 11.4 Å². The van der Waals surface area contributed by atoms with E-state index in [1.165, 1.54) is 18.2 Å². The van der Waals surface area contributed by atoms with Gasteiger partial charge in [-0.15, -0.1) is 0 Å². The molecule has 1 amide bonds. The van der Waals surface area contributed by atoms with Crippen molar-refractivity contribution in [3.05, 3.63) is 34.4 Å². The molecule has 0 fully saturated rings. The first-order chi connectivity index (χ1) is 8.04. The lowest BCUT2D eigenvalue weighted by atomic mass is 10.1. The van der Waals surface area contributed by atoms with E-state index in [-0.39, 0.29) is 11.6 Å². The van der Waals surface area contributed by atoms with Crippen LogP contribution in [-0.4, -0.2) is 16.9 Å². The van der Waals surface area contributed by atoms with E-state index in [0.29, 0.717) is 12.1 Å². The molecule has 0 aromatic heterocycles. The molecule has 0 spiro atoms. The summed E-state index contributed by atoms with van der Waals surface area (Å²) in [5.41, 5.74) is 5.95. The van der Waals surface area contributed by atoms with E-state index in [2.05, 4.69) is 5.32 Å². The summed E-state index contributed by atoms with van der Waals surface area (Å²) in [6.07, 6.45) is 1.39. The number of benzene rings is 1. The third-order valence-electron chi connectivity index (χ3n) is 2.26. The topological polar surface area (TPSA) is 98.3 Å². The van der Waals surface area contributed by atoms with Crippen molar-refractivity contribution in [3.8, 4) is 0 Å². The van der Waals surface area contributed by atoms with Crippen LogP contribution in [0.25, 0.3) is 0 Å². The Balaban J connectivity index is 2.71. The molecule has 0 bridgehead atoms. The number of rotatable bonds is 5. The Bertz CT molecular complexity index is 420. The van der Waals surface area contributed by atoms with Crippen LogP contribution in [0.2, 0.25) is 0 Å². The van der Waals surface area contributed by atoms with E-state index < -0.39 is 11.0 Å². The summed E-state index contributed by atoms with van der Waals surface area (Å²) in [5.74, 6) is -0.327. The van der Waals surface area contributed by atoms with Gasteiger partial charge in [-0.3, -0.25) is 14.9 Å². The Kier molecular flexibility index (Phi) is 4.59. The zero-order chi connectivity index (χ0) is 12.8. The van der Waals surface area contributed by atoms with Crippen LogP contribution >= 0.6 is 0 Å². The molecule has 1 rings (SSSR count). The summed E-state index contributed by atoms with van der Waals surface area (Å²) in [6, 6.07) is 5.18. The van der Waals surface area contributed by atoms with Gasteiger partial charge in [0.2, 0.25) is 5.91 Å². The number of nitrogens with two attached hydrogens (primary N) is 1. The minimum atomic E-state index is -0.584. The van der Waals surface area contributed by atoms with Crippen molar-refractivity contribution in [2.24, 2.45) is 5.73 Å². The van der Waals surface area contributed by atoms with Gasteiger partial charge in [0.25, 0.3) is 5.69 Å². The van der Waals surface area contributed by atoms with Crippen LogP contribution in [0.15, 0.2) is 24.3 Å². The van der Waals surface area contributed by atoms with Crippen LogP contribution in [0.3, 0.4) is 0 Å². The van der Waals surface area contributed by atoms with E-state index in [1.54, 1.807) is 6.07 Å². The monoisotopic (exact) mass is 237 g/mol. The smallest absolute Gasteiger partial charge is 0.271 e. The van der Waals surface area contributed by atoms with Crippen molar-refractivity contribution >= 4 is 17.3 Å². The molecule has 0 aliphatic heterocycles. The Labute approximate surface area is 99.0 Å². The lowest BCUT2D eigenvalue weighted by Gasteiger charge is -2.10. The van der Waals surface area contributed by atoms with Gasteiger partial charge in [-0.1, -0.05) is 19.4 Å². The average molecular weight is 237 g/mol. The minimum absolute atomic E-state index is 0.0631. The number of nitro groups is 1. The van der Waals surface area contributed by atoms with Crippen LogP contribution in [0, 0.1) is 10.1 Å². The molecule has 0 aliphatic rings. The number of nitrogens with zero attached hydrogens (tertiary/aromatic N) is 1. The summed E-state index contributed by atoms with van der Waals surface area (Å²) < 4.78 is 0. The number of hydrogen-bond acceptors (Lipinski definition) is 4. The standard InChI is InChI=1S/C11H15N3O3/c1-2-4-10(12)11(15)13-8-5-3-6-9(7-8)14(16)17/h3,5-7,10H,2,4,12H2,1H3,(H,13,15)/t10-/m0/s1. The largest absolute Gasteiger partial charge is 0.324 e. The Morgan fingerprint density at radius 3 is 2.88 bits per heavy atom. The Morgan fingerprint density at radius 1 is 1.59 bits per heavy atom. The number of hydrogen-bond donors (Lipinski definition) is 2. The molecule has 0 saturated carbocycles. The molecule has 92 valence electrons. The second kappa shape index (κ2) is 5.95. The van der Waals surface area contributed by atoms with Crippen molar-refractivity contribution in [1.29, 1.82) is 0 Å². The molecule has 0 aliphatic carbocycles. The molecule has 3 N–H and O–H groups in total. The number of nitrogens with one attached hydrogen (secondary N) is 1. The van der Waals surface area contributed by atoms with Gasteiger partial charge in [-0.2, -0.15) is 0 Å². The number of carbonyl (C=O) groups is 1. The van der Waals surface area contributed by atoms with E-state index in [4.69, 9.17) is 5.73 Å². The maximum atomic E-state index is 11.6. The van der Waals surface area contributed by atoms with Gasteiger partial charge < -0.3 is 11.1 Å². The first-order valence-electron chi connectivity index (χ1n) is 5.35. The van der Waals surface area contributed by atoms with Crippen LogP contribution < -0.4 is 11.1 Å². The second-order valence-electron chi connectivity index (χ2n) is 3.69. The summed E-state index contributed by atoms with van der Waals surface area (Å²) in [4.78, 5) is 21.6. The number of nitro benzene ring substituents is 1. The molecule has 17 heavy (non-hydrogen) atoms. The zero-order valence-electron chi connectivity index (χ0n) is 9.55. The molecule has 6 heteroatoms. The number of carbonyl (C=O) groups excluding carboxylic acids is 1. The first-order valence-corrected chi connectivity index (χ1v) is 5.35. The van der Waals surface area contributed by atoms with E-state index in [9.17, 15) is 14.9 Å². The van der Waals surface area contributed by atoms with Gasteiger partial charge in [-0.05, 0) is 12.5 Å². The SMILES string of the molecule is CCC[C@H](N)C(=O)Nc1cccc([N+](=O)[O-])c1. The highest BCUT2D eigenvalue weighted by molar-refractivity contribution is 5.94. The fourth-order valence-corrected chi connectivity index (χ4v) is 1.37. The third kappa shape index (κ3) is 3.84. The molecule has 0 radical (unpaired) electrons. The maximum absolute atomic E-state index is 11.6. The number of non-ortho nitro benzene ring substituents is 1. The average Bonchev–Trinajstić information content (AvgIpc) is 2.29. The normalized spacial score (nSPS) is 11.9. The lowest BCUT2D eigenvalue weighted by Crippen LogP contribution is -2.35. The summed E-state index contributed by atoms with van der Waals surface area (Å²) >= 11 is 0. The summed E-state index contributed by atoms with van der Waals surface area (Å²) in [6.45, 7) is 1.93. The summed E-state index contributed by atoms with van der Waals surface area (Å²) in [7, 11) is 0. The maximum Gasteiger partial charge on any atom is 0.271 e. The highest BCUT2D eigenvalue weighted by atomic mass is 16.6. The van der Waals surface area contributed by atoms with Gasteiger partial charge in [0, 0.05) is 17.8 Å². The Hall–Kier alpha value is -1.95. The molecular weight excluding hydrogens is 222 g/mol. The van der Waals surface area contributed by atoms with Gasteiger partial charge in [-0.25, -0.2) is 0 Å². The zero-order valence-corrected chi connectivity index (χ0v) is 9.55. The first kappa shape index (κ1) is 13.1. The van der Waals surface area contributed by atoms with Gasteiger partial charge >= 0.3 is 0 Å². The molecule has 0 unspecified atom stereocenters. The fraction of sp³-hybridized carbons (Fsp3) is 0.364. The molecule has 1 atom stereocenters.